The Morgan fingerprint density at radius 2 is 1.93 bits per heavy atom. The van der Waals surface area contributed by atoms with E-state index in [1.54, 1.807) is 14.2 Å². The van der Waals surface area contributed by atoms with Crippen molar-refractivity contribution in [2.24, 2.45) is 0 Å². The highest BCUT2D eigenvalue weighted by Crippen LogP contribution is 1.97. The zero-order valence-corrected chi connectivity index (χ0v) is 10.9. The summed E-state index contributed by atoms with van der Waals surface area (Å²) in [7, 11) is 2.93. The molecular weight excluding hydrogens is 216 g/mol. The van der Waals surface area contributed by atoms with Crippen LogP contribution in [0.25, 0.3) is 0 Å². The Morgan fingerprint density at radius 1 is 1.27 bits per heavy atom. The van der Waals surface area contributed by atoms with Gasteiger partial charge in [0.2, 0.25) is 0 Å². The van der Waals surface area contributed by atoms with Crippen molar-refractivity contribution in [3.05, 3.63) is 0 Å². The molecule has 0 aromatic heterocycles. The van der Waals surface area contributed by atoms with Crippen LogP contribution in [0.1, 0.15) is 6.42 Å². The molecule has 0 rings (SSSR count). The summed E-state index contributed by atoms with van der Waals surface area (Å²) in [6.07, 6.45) is 0.195. The first-order chi connectivity index (χ1) is 7.24. The minimum absolute atomic E-state index is 0.00645. The molecule has 0 saturated carbocycles. The molecule has 0 radical (unpaired) electrons. The van der Waals surface area contributed by atoms with Gasteiger partial charge in [0.15, 0.2) is 0 Å². The Kier molecular flexibility index (Phi) is 10.5. The van der Waals surface area contributed by atoms with Crippen LogP contribution in [-0.2, 0) is 14.2 Å². The average Bonchev–Trinajstić information content (AvgIpc) is 2.28. The van der Waals surface area contributed by atoms with Crippen LogP contribution in [0.4, 0.5) is 0 Å². The molecule has 0 fully saturated rings. The van der Waals surface area contributed by atoms with E-state index >= 15 is 0 Å². The van der Waals surface area contributed by atoms with Crippen LogP contribution in [0.15, 0.2) is 0 Å². The van der Waals surface area contributed by atoms with Crippen LogP contribution in [0.2, 0.25) is 6.04 Å². The SMILES string of the molecule is COC(OC)[SiH2]CCCOCC(O)CO. The van der Waals surface area contributed by atoms with Gasteiger partial charge in [-0.2, -0.15) is 0 Å². The summed E-state index contributed by atoms with van der Waals surface area (Å²) in [5.74, 6) is -0.00645. The molecule has 0 aromatic rings. The fourth-order valence-corrected chi connectivity index (χ4v) is 2.42. The molecule has 0 bridgehead atoms. The third kappa shape index (κ3) is 8.98. The second kappa shape index (κ2) is 10.5. The summed E-state index contributed by atoms with van der Waals surface area (Å²) in [5, 5.41) is 17.5. The van der Waals surface area contributed by atoms with Crippen LogP contribution >= 0.6 is 0 Å². The first-order valence-corrected chi connectivity index (χ1v) is 6.98. The summed E-state index contributed by atoms with van der Waals surface area (Å²) >= 11 is 0. The largest absolute Gasteiger partial charge is 0.394 e. The van der Waals surface area contributed by atoms with E-state index in [9.17, 15) is 0 Å². The van der Waals surface area contributed by atoms with E-state index in [2.05, 4.69) is 0 Å². The summed E-state index contributed by atoms with van der Waals surface area (Å²) in [6.45, 7) is 0.574. The molecule has 5 nitrogen and oxygen atoms in total. The molecule has 0 aromatic carbocycles. The summed E-state index contributed by atoms with van der Waals surface area (Å²) in [4.78, 5) is 0. The van der Waals surface area contributed by atoms with Crippen molar-refractivity contribution in [3.63, 3.8) is 0 Å². The number of aliphatic hydroxyl groups is 2. The van der Waals surface area contributed by atoms with Crippen molar-refractivity contribution < 1.29 is 24.4 Å². The highest BCUT2D eigenvalue weighted by atomic mass is 28.2. The maximum Gasteiger partial charge on any atom is 0.134 e. The summed E-state index contributed by atoms with van der Waals surface area (Å²) in [5.41, 5.74) is 0. The van der Waals surface area contributed by atoms with Crippen molar-refractivity contribution in [1.82, 2.24) is 0 Å². The molecule has 0 aliphatic heterocycles. The lowest BCUT2D eigenvalue weighted by molar-refractivity contribution is -0.0443. The van der Waals surface area contributed by atoms with Gasteiger partial charge in [0.1, 0.15) is 12.0 Å². The minimum Gasteiger partial charge on any atom is -0.394 e. The predicted molar refractivity (Wildman–Crippen MR) is 59.7 cm³/mol. The number of rotatable bonds is 10. The molecule has 2 N–H and O–H groups in total. The zero-order chi connectivity index (χ0) is 11.5. The van der Waals surface area contributed by atoms with Gasteiger partial charge in [0, 0.05) is 20.8 Å². The molecule has 92 valence electrons. The van der Waals surface area contributed by atoms with Crippen molar-refractivity contribution in [2.75, 3.05) is 34.0 Å². The van der Waals surface area contributed by atoms with Gasteiger partial charge >= 0.3 is 0 Å². The lowest BCUT2D eigenvalue weighted by Crippen LogP contribution is -2.22. The van der Waals surface area contributed by atoms with Gasteiger partial charge in [0.25, 0.3) is 0 Å². The highest BCUT2D eigenvalue weighted by molar-refractivity contribution is 6.36. The second-order valence-electron chi connectivity index (χ2n) is 3.31. The lowest BCUT2D eigenvalue weighted by atomic mass is 10.4. The lowest BCUT2D eigenvalue weighted by Gasteiger charge is -2.12. The predicted octanol–water partition coefficient (Wildman–Crippen LogP) is -1.09. The fraction of sp³-hybridized carbons (Fsp3) is 1.00. The van der Waals surface area contributed by atoms with E-state index in [1.807, 2.05) is 0 Å². The van der Waals surface area contributed by atoms with Crippen molar-refractivity contribution >= 4 is 9.52 Å². The van der Waals surface area contributed by atoms with Crippen LogP contribution in [-0.4, -0.2) is 65.8 Å². The molecule has 0 heterocycles. The molecule has 1 atom stereocenters. The second-order valence-corrected chi connectivity index (χ2v) is 5.26. The van der Waals surface area contributed by atoms with Gasteiger partial charge in [-0.25, -0.2) is 0 Å². The normalized spacial score (nSPS) is 14.2. The van der Waals surface area contributed by atoms with Crippen LogP contribution < -0.4 is 0 Å². The van der Waals surface area contributed by atoms with E-state index < -0.39 is 6.10 Å². The number of hydrogen-bond acceptors (Lipinski definition) is 5. The van der Waals surface area contributed by atoms with Crippen molar-refractivity contribution in [3.8, 4) is 0 Å². The molecule has 15 heavy (non-hydrogen) atoms. The fourth-order valence-electron chi connectivity index (χ4n) is 1.12. The Hall–Kier alpha value is 0.0169. The molecule has 0 saturated heterocycles. The van der Waals surface area contributed by atoms with E-state index in [4.69, 9.17) is 24.4 Å². The average molecular weight is 238 g/mol. The third-order valence-corrected chi connectivity index (χ3v) is 4.07. The number of aliphatic hydroxyl groups excluding tert-OH is 2. The van der Waals surface area contributed by atoms with Gasteiger partial charge in [-0.15, -0.1) is 0 Å². The first-order valence-electron chi connectivity index (χ1n) is 5.16. The Balaban J connectivity index is 3.17. The highest BCUT2D eigenvalue weighted by Gasteiger charge is 2.05. The summed E-state index contributed by atoms with van der Waals surface area (Å²) in [6, 6.07) is 1.08. The molecule has 0 spiro atoms. The maximum absolute atomic E-state index is 8.97. The van der Waals surface area contributed by atoms with Crippen molar-refractivity contribution in [1.29, 1.82) is 0 Å². The maximum atomic E-state index is 8.97. The van der Waals surface area contributed by atoms with Gasteiger partial charge in [0.05, 0.1) is 22.7 Å². The number of methoxy groups -OCH3 is 2. The molecule has 0 amide bonds. The smallest absolute Gasteiger partial charge is 0.134 e. The first kappa shape index (κ1) is 15.0. The van der Waals surface area contributed by atoms with E-state index in [0.717, 1.165) is 12.5 Å². The monoisotopic (exact) mass is 238 g/mol. The minimum atomic E-state index is -0.757. The van der Waals surface area contributed by atoms with Crippen LogP contribution in [0, 0.1) is 0 Å². The Morgan fingerprint density at radius 3 is 2.47 bits per heavy atom. The van der Waals surface area contributed by atoms with E-state index in [1.165, 1.54) is 0 Å². The third-order valence-electron chi connectivity index (χ3n) is 2.03. The van der Waals surface area contributed by atoms with Crippen molar-refractivity contribution in [2.45, 2.75) is 24.5 Å². The van der Waals surface area contributed by atoms with Crippen LogP contribution in [0.5, 0.6) is 0 Å². The molecule has 6 heteroatoms. The molecule has 1 unspecified atom stereocenters. The molecular formula is C9H22O5Si. The van der Waals surface area contributed by atoms with E-state index in [0.29, 0.717) is 6.61 Å². The van der Waals surface area contributed by atoms with Crippen LogP contribution in [0.3, 0.4) is 0 Å². The standard InChI is InChI=1S/C9H22O5Si/c1-12-9(13-2)15-5-3-4-14-7-8(11)6-10/h8-11H,3-7,15H2,1-2H3. The topological polar surface area (TPSA) is 68.2 Å². The Bertz CT molecular complexity index is 132. The zero-order valence-electron chi connectivity index (χ0n) is 9.52. The van der Waals surface area contributed by atoms with Gasteiger partial charge in [-0.1, -0.05) is 6.04 Å². The number of hydrogen-bond donors (Lipinski definition) is 2. The van der Waals surface area contributed by atoms with Gasteiger partial charge in [-0.3, -0.25) is 0 Å². The quantitative estimate of drug-likeness (QED) is 0.288. The molecule has 0 aliphatic rings. The van der Waals surface area contributed by atoms with E-state index in [-0.39, 0.29) is 28.6 Å². The van der Waals surface area contributed by atoms with Gasteiger partial charge < -0.3 is 24.4 Å². The number of ether oxygens (including phenoxy) is 3. The van der Waals surface area contributed by atoms with Gasteiger partial charge in [-0.05, 0) is 6.42 Å². The molecule has 0 aliphatic carbocycles. The Labute approximate surface area is 93.2 Å². The summed E-state index contributed by atoms with van der Waals surface area (Å²) < 4.78 is 15.3.